The van der Waals surface area contributed by atoms with Crippen LogP contribution in [0.3, 0.4) is 0 Å². The van der Waals surface area contributed by atoms with Crippen LogP contribution in [0.25, 0.3) is 0 Å². The molecule has 0 saturated heterocycles. The normalized spacial score (nSPS) is 25.8. The van der Waals surface area contributed by atoms with E-state index < -0.39 is 0 Å². The number of nitrogens with two attached hydrogens (primary N) is 1. The Morgan fingerprint density at radius 2 is 2.35 bits per heavy atom. The van der Waals surface area contributed by atoms with Crippen LogP contribution in [0.4, 0.5) is 11.5 Å². The van der Waals surface area contributed by atoms with Crippen molar-refractivity contribution in [2.24, 2.45) is 5.41 Å². The second-order valence-corrected chi connectivity index (χ2v) is 5.05. The van der Waals surface area contributed by atoms with Crippen molar-refractivity contribution < 1.29 is 5.11 Å². The van der Waals surface area contributed by atoms with Crippen LogP contribution in [0.5, 0.6) is 0 Å². The first-order valence-electron chi connectivity index (χ1n) is 5.55. The predicted octanol–water partition coefficient (Wildman–Crippen LogP) is 1.11. The number of hydrogen-bond acceptors (Lipinski definition) is 5. The van der Waals surface area contributed by atoms with E-state index >= 15 is 0 Å². The highest BCUT2D eigenvalue weighted by atomic mass is 16.3. The fourth-order valence-corrected chi connectivity index (χ4v) is 1.99. The SMILES string of the molecule is CC1(C)C(O)CC1Nc1ncc(N)cc1C#N. The van der Waals surface area contributed by atoms with Crippen LogP contribution in [-0.4, -0.2) is 22.2 Å². The van der Waals surface area contributed by atoms with Crippen molar-refractivity contribution in [2.45, 2.75) is 32.4 Å². The van der Waals surface area contributed by atoms with E-state index in [0.717, 1.165) is 0 Å². The second kappa shape index (κ2) is 3.90. The third kappa shape index (κ3) is 1.92. The van der Waals surface area contributed by atoms with Gasteiger partial charge in [0, 0.05) is 11.5 Å². The van der Waals surface area contributed by atoms with Gasteiger partial charge in [-0.05, 0) is 12.5 Å². The number of aliphatic hydroxyl groups excluding tert-OH is 1. The molecule has 0 aromatic carbocycles. The topological polar surface area (TPSA) is 95.0 Å². The van der Waals surface area contributed by atoms with Crippen LogP contribution >= 0.6 is 0 Å². The number of nitriles is 1. The van der Waals surface area contributed by atoms with E-state index in [0.29, 0.717) is 23.5 Å². The zero-order chi connectivity index (χ0) is 12.6. The van der Waals surface area contributed by atoms with Gasteiger partial charge >= 0.3 is 0 Å². The molecule has 1 aliphatic rings. The van der Waals surface area contributed by atoms with Gasteiger partial charge in [0.25, 0.3) is 0 Å². The number of nitrogens with one attached hydrogen (secondary N) is 1. The van der Waals surface area contributed by atoms with Crippen molar-refractivity contribution in [3.63, 3.8) is 0 Å². The van der Waals surface area contributed by atoms with Crippen molar-refractivity contribution in [1.82, 2.24) is 4.98 Å². The minimum atomic E-state index is -0.306. The number of aromatic nitrogens is 1. The number of nitrogens with zero attached hydrogens (tertiary/aromatic N) is 2. The fraction of sp³-hybridized carbons (Fsp3) is 0.500. The molecule has 17 heavy (non-hydrogen) atoms. The molecule has 0 spiro atoms. The van der Waals surface area contributed by atoms with Crippen molar-refractivity contribution in [3.05, 3.63) is 17.8 Å². The Labute approximate surface area is 100 Å². The molecule has 1 aromatic heterocycles. The Kier molecular flexibility index (Phi) is 2.68. The molecule has 1 aromatic rings. The molecule has 0 bridgehead atoms. The van der Waals surface area contributed by atoms with Crippen molar-refractivity contribution in [1.29, 1.82) is 5.26 Å². The second-order valence-electron chi connectivity index (χ2n) is 5.05. The molecule has 2 atom stereocenters. The summed E-state index contributed by atoms with van der Waals surface area (Å²) >= 11 is 0. The lowest BCUT2D eigenvalue weighted by Gasteiger charge is -2.49. The van der Waals surface area contributed by atoms with E-state index in [1.54, 1.807) is 6.07 Å². The molecule has 0 amide bonds. The van der Waals surface area contributed by atoms with Gasteiger partial charge < -0.3 is 16.2 Å². The van der Waals surface area contributed by atoms with Crippen LogP contribution in [0.2, 0.25) is 0 Å². The van der Waals surface area contributed by atoms with Gasteiger partial charge in [-0.2, -0.15) is 5.26 Å². The quantitative estimate of drug-likeness (QED) is 0.710. The van der Waals surface area contributed by atoms with Crippen LogP contribution in [0.15, 0.2) is 12.3 Å². The first-order chi connectivity index (χ1) is 7.95. The van der Waals surface area contributed by atoms with Crippen LogP contribution in [0, 0.1) is 16.7 Å². The molecular weight excluding hydrogens is 216 g/mol. The first-order valence-corrected chi connectivity index (χ1v) is 5.55. The summed E-state index contributed by atoms with van der Waals surface area (Å²) in [6.07, 6.45) is 1.88. The average Bonchev–Trinajstić information content (AvgIpc) is 2.30. The zero-order valence-corrected chi connectivity index (χ0v) is 9.94. The summed E-state index contributed by atoms with van der Waals surface area (Å²) in [6.45, 7) is 3.98. The number of anilines is 2. The summed E-state index contributed by atoms with van der Waals surface area (Å²) in [5, 5.41) is 21.8. The largest absolute Gasteiger partial charge is 0.397 e. The Bertz CT molecular complexity index is 478. The van der Waals surface area contributed by atoms with E-state index in [2.05, 4.69) is 16.4 Å². The van der Waals surface area contributed by atoms with Gasteiger partial charge in [-0.15, -0.1) is 0 Å². The average molecular weight is 232 g/mol. The summed E-state index contributed by atoms with van der Waals surface area (Å²) in [5.41, 5.74) is 6.28. The zero-order valence-electron chi connectivity index (χ0n) is 9.94. The Morgan fingerprint density at radius 3 is 2.88 bits per heavy atom. The molecule has 0 aliphatic heterocycles. The van der Waals surface area contributed by atoms with Crippen LogP contribution < -0.4 is 11.1 Å². The van der Waals surface area contributed by atoms with Gasteiger partial charge in [-0.25, -0.2) is 4.98 Å². The summed E-state index contributed by atoms with van der Waals surface area (Å²) in [6, 6.07) is 3.78. The van der Waals surface area contributed by atoms with Gasteiger partial charge in [-0.3, -0.25) is 0 Å². The molecule has 1 heterocycles. The Balaban J connectivity index is 2.18. The van der Waals surface area contributed by atoms with E-state index in [-0.39, 0.29) is 17.6 Å². The minimum Gasteiger partial charge on any atom is -0.397 e. The molecule has 5 nitrogen and oxygen atoms in total. The Morgan fingerprint density at radius 1 is 1.65 bits per heavy atom. The van der Waals surface area contributed by atoms with Crippen molar-refractivity contribution in [2.75, 3.05) is 11.1 Å². The molecule has 2 rings (SSSR count). The van der Waals surface area contributed by atoms with Crippen LogP contribution in [0.1, 0.15) is 25.8 Å². The van der Waals surface area contributed by atoms with Gasteiger partial charge in [0.1, 0.15) is 11.9 Å². The molecule has 1 aliphatic carbocycles. The highest BCUT2D eigenvalue weighted by Crippen LogP contribution is 2.42. The van der Waals surface area contributed by atoms with E-state index in [4.69, 9.17) is 11.0 Å². The molecular formula is C12H16N4O. The smallest absolute Gasteiger partial charge is 0.144 e. The monoisotopic (exact) mass is 232 g/mol. The van der Waals surface area contributed by atoms with Gasteiger partial charge in [0.15, 0.2) is 0 Å². The van der Waals surface area contributed by atoms with Gasteiger partial charge in [0.2, 0.25) is 0 Å². The van der Waals surface area contributed by atoms with E-state index in [1.807, 2.05) is 13.8 Å². The number of hydrogen-bond donors (Lipinski definition) is 3. The van der Waals surface area contributed by atoms with E-state index in [9.17, 15) is 5.11 Å². The van der Waals surface area contributed by atoms with Crippen molar-refractivity contribution in [3.8, 4) is 6.07 Å². The molecule has 0 radical (unpaired) electrons. The van der Waals surface area contributed by atoms with Crippen molar-refractivity contribution >= 4 is 11.5 Å². The molecule has 1 fully saturated rings. The highest BCUT2D eigenvalue weighted by Gasteiger charge is 2.47. The third-order valence-electron chi connectivity index (χ3n) is 3.56. The van der Waals surface area contributed by atoms with Gasteiger partial charge in [-0.1, -0.05) is 13.8 Å². The first kappa shape index (κ1) is 11.7. The third-order valence-corrected chi connectivity index (χ3v) is 3.56. The Hall–Kier alpha value is -1.80. The maximum absolute atomic E-state index is 9.65. The molecule has 4 N–H and O–H groups in total. The molecule has 1 saturated carbocycles. The molecule has 2 unspecified atom stereocenters. The lowest BCUT2D eigenvalue weighted by atomic mass is 9.64. The number of nitrogen functional groups attached to an aromatic ring is 1. The van der Waals surface area contributed by atoms with Crippen LogP contribution in [-0.2, 0) is 0 Å². The lowest BCUT2D eigenvalue weighted by Crippen LogP contribution is -2.57. The summed E-state index contributed by atoms with van der Waals surface area (Å²) < 4.78 is 0. The van der Waals surface area contributed by atoms with E-state index in [1.165, 1.54) is 6.20 Å². The maximum atomic E-state index is 9.65. The predicted molar refractivity (Wildman–Crippen MR) is 65.2 cm³/mol. The summed E-state index contributed by atoms with van der Waals surface area (Å²) in [4.78, 5) is 4.12. The number of pyridine rings is 1. The fourth-order valence-electron chi connectivity index (χ4n) is 1.99. The highest BCUT2D eigenvalue weighted by molar-refractivity contribution is 5.58. The maximum Gasteiger partial charge on any atom is 0.144 e. The standard InChI is InChI=1S/C12H16N4O/c1-12(2)9(4-10(12)17)16-11-7(5-13)3-8(14)6-15-11/h3,6,9-10,17H,4,14H2,1-2H3,(H,15,16). The number of rotatable bonds is 2. The van der Waals surface area contributed by atoms with Gasteiger partial charge in [0.05, 0.1) is 23.6 Å². The summed E-state index contributed by atoms with van der Waals surface area (Å²) in [7, 11) is 0. The molecule has 5 heteroatoms. The number of aliphatic hydroxyl groups is 1. The summed E-state index contributed by atoms with van der Waals surface area (Å²) in [5.74, 6) is 0.534. The molecule has 90 valence electrons. The minimum absolute atomic E-state index is 0.126. The lowest BCUT2D eigenvalue weighted by molar-refractivity contribution is -0.0511.